The third kappa shape index (κ3) is 7.22. The summed E-state index contributed by atoms with van der Waals surface area (Å²) in [4.78, 5) is 29.5. The maximum absolute atomic E-state index is 13.1. The molecular formula is C29H27Cl3N2O4S. The zero-order valence-electron chi connectivity index (χ0n) is 21.5. The molecule has 4 rings (SSSR count). The summed E-state index contributed by atoms with van der Waals surface area (Å²) >= 11 is 19.4. The maximum Gasteiger partial charge on any atom is 0.293 e. The molecule has 1 fully saturated rings. The van der Waals surface area contributed by atoms with E-state index in [1.165, 1.54) is 4.90 Å². The second kappa shape index (κ2) is 13.5. The molecule has 1 aliphatic heterocycles. The summed E-state index contributed by atoms with van der Waals surface area (Å²) < 4.78 is 11.9. The smallest absolute Gasteiger partial charge is 0.293 e. The van der Waals surface area contributed by atoms with Crippen LogP contribution in [0.4, 0.5) is 10.5 Å². The van der Waals surface area contributed by atoms with Crippen molar-refractivity contribution in [2.24, 2.45) is 0 Å². The van der Waals surface area contributed by atoms with Gasteiger partial charge in [0.1, 0.15) is 24.7 Å². The summed E-state index contributed by atoms with van der Waals surface area (Å²) in [6.07, 6.45) is 1.69. The van der Waals surface area contributed by atoms with Crippen molar-refractivity contribution in [3.8, 4) is 11.5 Å². The van der Waals surface area contributed by atoms with E-state index in [0.29, 0.717) is 37.0 Å². The van der Waals surface area contributed by atoms with Crippen LogP contribution in [0.25, 0.3) is 6.08 Å². The Morgan fingerprint density at radius 3 is 2.38 bits per heavy atom. The summed E-state index contributed by atoms with van der Waals surface area (Å²) in [7, 11) is 0. The van der Waals surface area contributed by atoms with Crippen LogP contribution in [0.3, 0.4) is 0 Å². The first kappa shape index (κ1) is 29.2. The lowest BCUT2D eigenvalue weighted by Gasteiger charge is -2.22. The second-order valence-electron chi connectivity index (χ2n) is 8.53. The minimum atomic E-state index is -0.382. The molecule has 39 heavy (non-hydrogen) atoms. The van der Waals surface area contributed by atoms with Crippen LogP contribution < -0.4 is 14.4 Å². The first-order valence-corrected chi connectivity index (χ1v) is 14.3. The number of halogens is 3. The Morgan fingerprint density at radius 2 is 1.67 bits per heavy atom. The van der Waals surface area contributed by atoms with Crippen LogP contribution in [0.5, 0.6) is 11.5 Å². The predicted molar refractivity (Wildman–Crippen MR) is 160 cm³/mol. The van der Waals surface area contributed by atoms with Crippen LogP contribution >= 0.6 is 46.6 Å². The van der Waals surface area contributed by atoms with Crippen molar-refractivity contribution in [3.63, 3.8) is 0 Å². The molecule has 204 valence electrons. The number of imide groups is 1. The summed E-state index contributed by atoms with van der Waals surface area (Å²) in [5.74, 6) is 0.684. The molecule has 10 heteroatoms. The van der Waals surface area contributed by atoms with Crippen molar-refractivity contribution in [3.05, 3.63) is 91.8 Å². The Morgan fingerprint density at radius 1 is 0.897 bits per heavy atom. The lowest BCUT2D eigenvalue weighted by Crippen LogP contribution is -2.32. The molecular weight excluding hydrogens is 579 g/mol. The average molecular weight is 606 g/mol. The molecule has 0 radical (unpaired) electrons. The molecule has 0 unspecified atom stereocenters. The topological polar surface area (TPSA) is 59.1 Å². The van der Waals surface area contributed by atoms with Crippen molar-refractivity contribution in [1.82, 2.24) is 4.90 Å². The van der Waals surface area contributed by atoms with Crippen molar-refractivity contribution in [2.45, 2.75) is 20.5 Å². The number of anilines is 1. The van der Waals surface area contributed by atoms with Crippen LogP contribution in [-0.2, 0) is 11.4 Å². The Balaban J connectivity index is 1.54. The molecule has 1 saturated heterocycles. The Labute approximate surface area is 247 Å². The highest BCUT2D eigenvalue weighted by molar-refractivity contribution is 8.18. The van der Waals surface area contributed by atoms with Gasteiger partial charge in [-0.3, -0.25) is 14.5 Å². The third-order valence-electron chi connectivity index (χ3n) is 6.09. The van der Waals surface area contributed by atoms with Gasteiger partial charge in [0.15, 0.2) is 0 Å². The minimum Gasteiger partial charge on any atom is -0.490 e. The van der Waals surface area contributed by atoms with Gasteiger partial charge in [-0.15, -0.1) is 0 Å². The van der Waals surface area contributed by atoms with Crippen molar-refractivity contribution >= 4 is 69.5 Å². The minimum absolute atomic E-state index is 0.104. The van der Waals surface area contributed by atoms with Gasteiger partial charge in [0, 0.05) is 46.0 Å². The van der Waals surface area contributed by atoms with Gasteiger partial charge in [0.25, 0.3) is 11.1 Å². The lowest BCUT2D eigenvalue weighted by atomic mass is 10.1. The van der Waals surface area contributed by atoms with E-state index in [1.54, 1.807) is 42.5 Å². The van der Waals surface area contributed by atoms with E-state index in [-0.39, 0.29) is 30.9 Å². The number of rotatable bonds is 11. The zero-order chi connectivity index (χ0) is 27.9. The van der Waals surface area contributed by atoms with Crippen LogP contribution in [0.15, 0.2) is 65.6 Å². The molecule has 3 aromatic carbocycles. The molecule has 0 saturated carbocycles. The molecule has 2 amide bonds. The monoisotopic (exact) mass is 604 g/mol. The number of amides is 2. The van der Waals surface area contributed by atoms with Crippen molar-refractivity contribution in [1.29, 1.82) is 0 Å². The van der Waals surface area contributed by atoms with E-state index in [9.17, 15) is 9.59 Å². The van der Waals surface area contributed by atoms with Crippen LogP contribution in [0, 0.1) is 0 Å². The number of hydrogen-bond donors (Lipinski definition) is 0. The first-order chi connectivity index (χ1) is 18.8. The van der Waals surface area contributed by atoms with Gasteiger partial charge in [0.05, 0.1) is 16.5 Å². The van der Waals surface area contributed by atoms with Gasteiger partial charge < -0.3 is 14.4 Å². The normalized spacial score (nSPS) is 14.3. The second-order valence-corrected chi connectivity index (χ2v) is 10.8. The molecule has 6 nitrogen and oxygen atoms in total. The van der Waals surface area contributed by atoms with E-state index in [2.05, 4.69) is 18.7 Å². The highest BCUT2D eigenvalue weighted by Crippen LogP contribution is 2.36. The van der Waals surface area contributed by atoms with E-state index in [4.69, 9.17) is 44.3 Å². The number of benzene rings is 3. The average Bonchev–Trinajstić information content (AvgIpc) is 3.18. The molecule has 0 N–H and O–H groups in total. The quantitative estimate of drug-likeness (QED) is 0.205. The summed E-state index contributed by atoms with van der Waals surface area (Å²) in [5, 5.41) is 1.15. The summed E-state index contributed by atoms with van der Waals surface area (Å²) in [5.41, 5.74) is 2.44. The Kier molecular flexibility index (Phi) is 10.1. The fraction of sp³-hybridized carbons (Fsp3) is 0.241. The Bertz CT molecular complexity index is 1390. The van der Waals surface area contributed by atoms with Gasteiger partial charge in [-0.1, -0.05) is 53.0 Å². The van der Waals surface area contributed by atoms with E-state index in [1.807, 2.05) is 24.3 Å². The van der Waals surface area contributed by atoms with Gasteiger partial charge in [-0.05, 0) is 68.1 Å². The predicted octanol–water partition coefficient (Wildman–Crippen LogP) is 8.19. The van der Waals surface area contributed by atoms with Crippen LogP contribution in [-0.4, -0.2) is 42.3 Å². The largest absolute Gasteiger partial charge is 0.490 e. The molecule has 0 aliphatic carbocycles. The molecule has 1 heterocycles. The highest BCUT2D eigenvalue weighted by atomic mass is 35.5. The molecule has 0 spiro atoms. The summed E-state index contributed by atoms with van der Waals surface area (Å²) in [6.45, 7) is 6.25. The van der Waals surface area contributed by atoms with Gasteiger partial charge in [-0.2, -0.15) is 0 Å². The number of hydrogen-bond acceptors (Lipinski definition) is 6. The van der Waals surface area contributed by atoms with E-state index in [0.717, 1.165) is 36.1 Å². The fourth-order valence-electron chi connectivity index (χ4n) is 3.99. The number of ether oxygens (including phenoxy) is 2. The molecule has 1 aliphatic rings. The summed E-state index contributed by atoms with van der Waals surface area (Å²) in [6, 6.07) is 18.1. The molecule has 0 bridgehead atoms. The van der Waals surface area contributed by atoms with Crippen LogP contribution in [0.2, 0.25) is 15.1 Å². The SMILES string of the molecule is CCN(CC)c1ccc(/C=C2\SC(=O)N(CCOc3ccccc3Cl)C2=O)c(OCc2ccc(Cl)cc2Cl)c1. The number of nitrogens with zero attached hydrogens (tertiary/aromatic N) is 2. The number of para-hydroxylation sites is 1. The van der Waals surface area contributed by atoms with Crippen molar-refractivity contribution in [2.75, 3.05) is 31.1 Å². The van der Waals surface area contributed by atoms with Gasteiger partial charge in [0.2, 0.25) is 0 Å². The van der Waals surface area contributed by atoms with E-state index >= 15 is 0 Å². The fourth-order valence-corrected chi connectivity index (χ4v) is 5.50. The lowest BCUT2D eigenvalue weighted by molar-refractivity contribution is -0.123. The van der Waals surface area contributed by atoms with Crippen molar-refractivity contribution < 1.29 is 19.1 Å². The van der Waals surface area contributed by atoms with Gasteiger partial charge >= 0.3 is 0 Å². The standard InChI is InChI=1S/C29H27Cl3N2O4S/c1-3-33(4-2)22-12-10-19(26(17-22)38-18-20-9-11-21(30)16-24(20)32)15-27-28(35)34(29(36)39-27)13-14-37-25-8-6-5-7-23(25)31/h5-12,15-17H,3-4,13-14,18H2,1-2H3/b27-15-. The Hall–Kier alpha value is -2.84. The number of carbonyl (C=O) groups excluding carboxylic acids is 2. The number of carbonyl (C=O) groups is 2. The molecule has 3 aromatic rings. The van der Waals surface area contributed by atoms with Gasteiger partial charge in [-0.25, -0.2) is 0 Å². The molecule has 0 atom stereocenters. The molecule has 0 aromatic heterocycles. The first-order valence-electron chi connectivity index (χ1n) is 12.4. The van der Waals surface area contributed by atoms with E-state index < -0.39 is 0 Å². The number of thioether (sulfide) groups is 1. The highest BCUT2D eigenvalue weighted by Gasteiger charge is 2.35. The third-order valence-corrected chi connectivity index (χ3v) is 7.90. The maximum atomic E-state index is 13.1. The zero-order valence-corrected chi connectivity index (χ0v) is 24.5. The van der Waals surface area contributed by atoms with Crippen LogP contribution in [0.1, 0.15) is 25.0 Å².